The van der Waals surface area contributed by atoms with E-state index in [1.165, 1.54) is 52.6 Å². The summed E-state index contributed by atoms with van der Waals surface area (Å²) in [5, 5.41) is 17.6. The zero-order valence-corrected chi connectivity index (χ0v) is 25.4. The van der Waals surface area contributed by atoms with E-state index in [0.717, 1.165) is 42.8 Å². The molecule has 9 nitrogen and oxygen atoms in total. The molecule has 13 heteroatoms. The number of ether oxygens (including phenoxy) is 1. The number of nitriles is 1. The average molecular weight is 634 g/mol. The number of halogens is 3. The summed E-state index contributed by atoms with van der Waals surface area (Å²) in [6.45, 7) is 4.94. The molecule has 5 rings (SSSR count). The van der Waals surface area contributed by atoms with E-state index in [4.69, 9.17) is 0 Å². The summed E-state index contributed by atoms with van der Waals surface area (Å²) in [6.07, 6.45) is -0.441. The molecule has 1 unspecified atom stereocenters. The maximum absolute atomic E-state index is 13.0. The van der Waals surface area contributed by atoms with Crippen molar-refractivity contribution in [1.82, 2.24) is 20.1 Å². The fraction of sp³-hybridized carbons (Fsp3) is 0.281. The van der Waals surface area contributed by atoms with Gasteiger partial charge in [-0.2, -0.15) is 10.3 Å². The molecule has 1 saturated heterocycles. The Morgan fingerprint density at radius 3 is 2.60 bits per heavy atom. The van der Waals surface area contributed by atoms with Crippen LogP contribution in [-0.2, 0) is 6.42 Å². The number of alkyl halides is 3. The molecule has 0 bridgehead atoms. The number of rotatable bonds is 8. The number of aromatic nitrogens is 3. The Balaban J connectivity index is 1.27. The van der Waals surface area contributed by atoms with Gasteiger partial charge >= 0.3 is 12.4 Å². The minimum Gasteiger partial charge on any atom is -0.406 e. The number of aliphatic imine (C=N–C) groups is 1. The molecule has 0 aliphatic carbocycles. The smallest absolute Gasteiger partial charge is 0.406 e. The first-order valence-corrected chi connectivity index (χ1v) is 15.3. The van der Waals surface area contributed by atoms with Crippen LogP contribution < -0.4 is 15.0 Å². The Labute approximate surface area is 262 Å². The highest BCUT2D eigenvalue weighted by atomic mass is 32.2. The topological polar surface area (TPSA) is 108 Å². The van der Waals surface area contributed by atoms with Crippen LogP contribution in [0.5, 0.6) is 5.75 Å². The zero-order chi connectivity index (χ0) is 32.0. The van der Waals surface area contributed by atoms with Crippen molar-refractivity contribution in [2.75, 3.05) is 17.2 Å². The molecule has 232 valence electrons. The van der Waals surface area contributed by atoms with Crippen LogP contribution in [0.1, 0.15) is 42.5 Å². The van der Waals surface area contributed by atoms with E-state index in [1.807, 2.05) is 6.92 Å². The summed E-state index contributed by atoms with van der Waals surface area (Å²) >= 11 is 1.53. The van der Waals surface area contributed by atoms with Gasteiger partial charge in [0.05, 0.1) is 11.8 Å². The molecule has 1 atom stereocenters. The number of carbonyl (C=O) groups is 1. The molecule has 2 heterocycles. The lowest BCUT2D eigenvalue weighted by Crippen LogP contribution is -2.36. The van der Waals surface area contributed by atoms with Gasteiger partial charge in [0.15, 0.2) is 11.0 Å². The maximum Gasteiger partial charge on any atom is 0.573 e. The normalized spacial score (nSPS) is 15.0. The fourth-order valence-corrected chi connectivity index (χ4v) is 5.81. The van der Waals surface area contributed by atoms with Crippen LogP contribution in [0.4, 0.5) is 23.7 Å². The van der Waals surface area contributed by atoms with Crippen LogP contribution in [0.25, 0.3) is 17.1 Å². The van der Waals surface area contributed by atoms with E-state index in [9.17, 15) is 23.2 Å². The first-order chi connectivity index (χ1) is 21.6. The van der Waals surface area contributed by atoms with Gasteiger partial charge in [-0.3, -0.25) is 0 Å². The van der Waals surface area contributed by atoms with E-state index in [-0.39, 0.29) is 5.75 Å². The van der Waals surface area contributed by atoms with Crippen LogP contribution in [0.15, 0.2) is 78.0 Å². The number of hydrogen-bond donors (Lipinski definition) is 1. The lowest BCUT2D eigenvalue weighted by Gasteiger charge is -2.31. The first kappa shape index (κ1) is 31.6. The summed E-state index contributed by atoms with van der Waals surface area (Å²) in [5.41, 5.74) is 5.10. The SMILES string of the molecule is CCCc1ccc(C)cc1N1CCCS/C1=N\C(=O)NC(C#N)c1ccc(-c2ncn(-c3ccc(OC(F)(F)F)cc3)n2)cc1. The van der Waals surface area contributed by atoms with E-state index in [2.05, 4.69) is 61.2 Å². The van der Waals surface area contributed by atoms with Crippen molar-refractivity contribution >= 4 is 28.6 Å². The number of thioether (sulfide) groups is 1. The highest BCUT2D eigenvalue weighted by molar-refractivity contribution is 8.14. The van der Waals surface area contributed by atoms with Crippen LogP contribution in [0.2, 0.25) is 0 Å². The molecule has 2 amide bonds. The maximum atomic E-state index is 13.0. The van der Waals surface area contributed by atoms with Crippen LogP contribution in [0, 0.1) is 18.3 Å². The number of nitrogens with one attached hydrogen (secondary N) is 1. The second kappa shape index (κ2) is 13.9. The van der Waals surface area contributed by atoms with E-state index in [0.29, 0.717) is 27.8 Å². The standard InChI is InChI=1S/C32H30F3N7O2S/c1-3-5-23-7-6-21(2)18-28(23)41-16-4-17-45-31(41)39-30(43)38-27(19-36)22-8-10-24(11-9-22)29-37-20-42(40-29)25-12-14-26(15-13-25)44-32(33,34)35/h6-15,18,20,27H,3-5,16-17H2,1-2H3,(H,38,43)/b39-31-. The minimum absolute atomic E-state index is 0.338. The summed E-state index contributed by atoms with van der Waals surface area (Å²) in [4.78, 5) is 23.8. The molecule has 45 heavy (non-hydrogen) atoms. The molecule has 1 aliphatic heterocycles. The van der Waals surface area contributed by atoms with Gasteiger partial charge in [-0.15, -0.1) is 18.3 Å². The molecular weight excluding hydrogens is 603 g/mol. The Hall–Kier alpha value is -4.83. The number of amides is 2. The molecule has 3 aromatic carbocycles. The van der Waals surface area contributed by atoms with E-state index >= 15 is 0 Å². The Kier molecular flexibility index (Phi) is 9.73. The third-order valence-electron chi connectivity index (χ3n) is 6.96. The fourth-order valence-electron chi connectivity index (χ4n) is 4.86. The summed E-state index contributed by atoms with van der Waals surface area (Å²) in [6, 6.07) is 19.1. The Morgan fingerprint density at radius 1 is 1.16 bits per heavy atom. The molecule has 0 saturated carbocycles. The quantitative estimate of drug-likeness (QED) is 0.216. The lowest BCUT2D eigenvalue weighted by molar-refractivity contribution is -0.274. The van der Waals surface area contributed by atoms with Gasteiger partial charge < -0.3 is 15.0 Å². The number of anilines is 1. The van der Waals surface area contributed by atoms with E-state index < -0.39 is 18.4 Å². The lowest BCUT2D eigenvalue weighted by atomic mass is 10.0. The second-order valence-electron chi connectivity index (χ2n) is 10.3. The number of benzene rings is 3. The summed E-state index contributed by atoms with van der Waals surface area (Å²) in [5.74, 6) is 0.881. The van der Waals surface area contributed by atoms with Gasteiger partial charge in [-0.05, 0) is 66.8 Å². The first-order valence-electron chi connectivity index (χ1n) is 14.3. The number of hydrogen-bond acceptors (Lipinski definition) is 6. The van der Waals surface area contributed by atoms with Crippen LogP contribution in [-0.4, -0.2) is 44.6 Å². The number of amidine groups is 1. The molecule has 1 aliphatic rings. The molecule has 1 N–H and O–H groups in total. The van der Waals surface area contributed by atoms with E-state index in [1.54, 1.807) is 24.3 Å². The largest absolute Gasteiger partial charge is 0.573 e. The van der Waals surface area contributed by atoms with Crippen molar-refractivity contribution in [3.05, 3.63) is 89.7 Å². The number of urea groups is 1. The number of nitrogens with zero attached hydrogens (tertiary/aromatic N) is 6. The molecule has 1 fully saturated rings. The highest BCUT2D eigenvalue weighted by Gasteiger charge is 2.31. The third-order valence-corrected chi connectivity index (χ3v) is 8.02. The average Bonchev–Trinajstić information content (AvgIpc) is 3.51. The van der Waals surface area contributed by atoms with Crippen LogP contribution in [0.3, 0.4) is 0 Å². The molecule has 0 spiro atoms. The van der Waals surface area contributed by atoms with Gasteiger partial charge in [-0.1, -0.05) is 61.5 Å². The number of aryl methyl sites for hydroxylation is 2. The predicted octanol–water partition coefficient (Wildman–Crippen LogP) is 7.37. The van der Waals surface area contributed by atoms with Crippen molar-refractivity contribution in [3.8, 4) is 28.9 Å². The van der Waals surface area contributed by atoms with Gasteiger partial charge in [0, 0.05) is 23.5 Å². The van der Waals surface area contributed by atoms with Gasteiger partial charge in [0.25, 0.3) is 0 Å². The molecule has 1 aromatic heterocycles. The summed E-state index contributed by atoms with van der Waals surface area (Å²) < 4.78 is 42.6. The zero-order valence-electron chi connectivity index (χ0n) is 24.6. The number of carbonyl (C=O) groups excluding carboxylic acids is 1. The minimum atomic E-state index is -4.77. The monoisotopic (exact) mass is 633 g/mol. The molecular formula is C32H30F3N7O2S. The van der Waals surface area contributed by atoms with Gasteiger partial charge in [-0.25, -0.2) is 14.5 Å². The van der Waals surface area contributed by atoms with Crippen molar-refractivity contribution in [2.45, 2.75) is 45.5 Å². The van der Waals surface area contributed by atoms with Crippen molar-refractivity contribution in [2.24, 2.45) is 4.99 Å². The van der Waals surface area contributed by atoms with Crippen molar-refractivity contribution in [3.63, 3.8) is 0 Å². The highest BCUT2D eigenvalue weighted by Crippen LogP contribution is 2.30. The molecule has 0 radical (unpaired) electrons. The Bertz CT molecular complexity index is 1710. The van der Waals surface area contributed by atoms with Crippen molar-refractivity contribution < 1.29 is 22.7 Å². The van der Waals surface area contributed by atoms with Gasteiger partial charge in [0.2, 0.25) is 0 Å². The van der Waals surface area contributed by atoms with Crippen LogP contribution >= 0.6 is 11.8 Å². The van der Waals surface area contributed by atoms with Gasteiger partial charge in [0.1, 0.15) is 18.1 Å². The third kappa shape index (κ3) is 8.02. The Morgan fingerprint density at radius 2 is 1.91 bits per heavy atom. The second-order valence-corrected chi connectivity index (χ2v) is 11.4. The predicted molar refractivity (Wildman–Crippen MR) is 167 cm³/mol. The summed E-state index contributed by atoms with van der Waals surface area (Å²) in [7, 11) is 0. The van der Waals surface area contributed by atoms with Crippen molar-refractivity contribution in [1.29, 1.82) is 5.26 Å². The molecule has 4 aromatic rings.